The molecule has 3 amide bonds. The number of benzene rings is 1. The number of hydrogen-bond donors (Lipinski definition) is 7. The summed E-state index contributed by atoms with van der Waals surface area (Å²) in [7, 11) is 1.64. The van der Waals surface area contributed by atoms with Gasteiger partial charge in [-0.05, 0) is 90.0 Å². The lowest BCUT2D eigenvalue weighted by atomic mass is 9.68. The zero-order chi connectivity index (χ0) is 49.1. The van der Waals surface area contributed by atoms with Crippen LogP contribution < -0.4 is 37.7 Å². The molecule has 1 spiro atoms. The van der Waals surface area contributed by atoms with Gasteiger partial charge >= 0.3 is 12.2 Å². The van der Waals surface area contributed by atoms with E-state index >= 15 is 0 Å². The summed E-state index contributed by atoms with van der Waals surface area (Å²) in [5.74, 6) is -1.73. The number of nitrogens with one attached hydrogen (secondary N) is 7. The lowest BCUT2D eigenvalue weighted by molar-refractivity contribution is -0.139. The van der Waals surface area contributed by atoms with Gasteiger partial charge in [0.05, 0.1) is 49.8 Å². The number of carbonyl (C=O) groups is 6. The van der Waals surface area contributed by atoms with E-state index in [-0.39, 0.29) is 67.3 Å². The van der Waals surface area contributed by atoms with E-state index in [4.69, 9.17) is 23.7 Å². The van der Waals surface area contributed by atoms with Crippen molar-refractivity contribution in [2.75, 3.05) is 46.5 Å². The first-order valence-electron chi connectivity index (χ1n) is 24.1. The van der Waals surface area contributed by atoms with Crippen LogP contribution in [0.1, 0.15) is 112 Å². The molecule has 7 N–H and O–H groups in total. The normalized spacial score (nSPS) is 24.3. The molecule has 0 radical (unpaired) electrons. The summed E-state index contributed by atoms with van der Waals surface area (Å²) in [6.45, 7) is 16.7. The number of hydrazine groups is 2. The summed E-state index contributed by atoms with van der Waals surface area (Å²) in [5.41, 5.74) is 12.6. The van der Waals surface area contributed by atoms with Crippen molar-refractivity contribution in [3.05, 3.63) is 47.5 Å². The fourth-order valence-electron chi connectivity index (χ4n) is 8.75. The number of ether oxygens (including phenoxy) is 5. The molecule has 2 heterocycles. The van der Waals surface area contributed by atoms with Crippen LogP contribution in [-0.2, 0) is 49.3 Å². The zero-order valence-electron chi connectivity index (χ0n) is 41.3. The van der Waals surface area contributed by atoms with Gasteiger partial charge < -0.3 is 39.6 Å². The summed E-state index contributed by atoms with van der Waals surface area (Å²) >= 11 is 0. The van der Waals surface area contributed by atoms with E-state index in [1.807, 2.05) is 58.0 Å². The van der Waals surface area contributed by atoms with Crippen LogP contribution in [-0.4, -0.2) is 130 Å². The number of unbranched alkanes of at least 4 members (excludes halogenated alkanes) is 3. The number of methoxy groups -OCH3 is 1. The second-order valence-corrected chi connectivity index (χ2v) is 19.5. The molecule has 2 saturated heterocycles. The van der Waals surface area contributed by atoms with Gasteiger partial charge in [-0.15, -0.1) is 0 Å². The first-order chi connectivity index (χ1) is 31.9. The van der Waals surface area contributed by atoms with Crippen molar-refractivity contribution in [2.45, 2.75) is 161 Å². The molecule has 9 atom stereocenters. The van der Waals surface area contributed by atoms with Gasteiger partial charge in [-0.2, -0.15) is 0 Å². The van der Waals surface area contributed by atoms with Crippen molar-refractivity contribution in [1.82, 2.24) is 37.7 Å². The van der Waals surface area contributed by atoms with E-state index in [0.717, 1.165) is 37.7 Å². The Bertz CT molecular complexity index is 1810. The Morgan fingerprint density at radius 1 is 0.851 bits per heavy atom. The number of carbonyl (C=O) groups excluding carboxylic acids is 6. The molecular formula is C49H79N7O11. The Morgan fingerprint density at radius 2 is 1.49 bits per heavy atom. The number of Topliss-reactive ketones (excluding diaryl/α,β-unsaturated/α-hetero) is 3. The highest BCUT2D eigenvalue weighted by atomic mass is 16.6. The second kappa shape index (κ2) is 27.0. The lowest BCUT2D eigenvalue weighted by Gasteiger charge is -2.42. The van der Waals surface area contributed by atoms with Crippen LogP contribution in [0.4, 0.5) is 9.59 Å². The highest BCUT2D eigenvalue weighted by Crippen LogP contribution is 2.59. The molecule has 2 aliphatic heterocycles. The standard InChI is InChI=1S/C49H79N7O11/c1-31(2)19-20-40-48(8,67-40)45-44(63-9)39(21-22-49(45)30-65-49)66-47(62)54-38(33(5)6)29-64-46(61)51-24-16-11-10-15-23-50-41(58)28-53-55-36(25-32(3)4)42(59)43(60)37(56-52-27-34(7)57)26-35-17-13-12-14-18-35/h12-14,17-19,32-33,36-40,44-45,52-53,55-56H,10-11,15-16,20-30H2,1-9H3,(H,50,58)(H,51,61)(H,54,62)/t36-,37-,38-,39?,40+,44?,45?,48?,49-/m0/s1. The van der Waals surface area contributed by atoms with E-state index in [0.29, 0.717) is 39.0 Å². The van der Waals surface area contributed by atoms with Crippen molar-refractivity contribution in [3.63, 3.8) is 0 Å². The van der Waals surface area contributed by atoms with Crippen LogP contribution >= 0.6 is 0 Å². The molecule has 3 fully saturated rings. The molecule has 1 aromatic rings. The first-order valence-corrected chi connectivity index (χ1v) is 24.1. The van der Waals surface area contributed by atoms with Gasteiger partial charge in [0.25, 0.3) is 0 Å². The van der Waals surface area contributed by atoms with Gasteiger partial charge in [-0.3, -0.25) is 19.2 Å². The lowest BCUT2D eigenvalue weighted by Crippen LogP contribution is -2.56. The molecular weight excluding hydrogens is 863 g/mol. The summed E-state index contributed by atoms with van der Waals surface area (Å²) in [6, 6.07) is 7.03. The minimum Gasteiger partial charge on any atom is -0.447 e. The number of hydrogen-bond acceptors (Lipinski definition) is 15. The predicted octanol–water partition coefficient (Wildman–Crippen LogP) is 4.16. The highest BCUT2D eigenvalue weighted by molar-refractivity contribution is 6.41. The molecule has 1 saturated carbocycles. The van der Waals surface area contributed by atoms with Gasteiger partial charge in [-0.1, -0.05) is 82.5 Å². The molecule has 376 valence electrons. The maximum Gasteiger partial charge on any atom is 0.407 e. The third-order valence-corrected chi connectivity index (χ3v) is 12.7. The molecule has 1 aliphatic carbocycles. The van der Waals surface area contributed by atoms with E-state index in [1.54, 1.807) is 7.11 Å². The van der Waals surface area contributed by atoms with Gasteiger partial charge in [0, 0.05) is 20.2 Å². The molecule has 4 unspecified atom stereocenters. The Labute approximate surface area is 397 Å². The average molecular weight is 942 g/mol. The SMILES string of the molecule is COC1C(OC(=O)N[C@@H](COC(=O)NCCCCCCNC(=O)CNN[C@@H](CC(C)C)C(=O)C(=O)[C@H](Cc2ccccc2)NNCC(C)=O)C(C)C)CC[C@]2(CO2)C1C1(C)O[C@@H]1CC=C(C)C. The van der Waals surface area contributed by atoms with Crippen LogP contribution in [0.3, 0.4) is 0 Å². The number of ketones is 3. The molecule has 18 nitrogen and oxygen atoms in total. The zero-order valence-corrected chi connectivity index (χ0v) is 41.3. The smallest absolute Gasteiger partial charge is 0.407 e. The number of epoxide rings is 2. The van der Waals surface area contributed by atoms with Crippen molar-refractivity contribution in [2.24, 2.45) is 17.8 Å². The number of alkyl carbamates (subject to hydrolysis) is 2. The monoisotopic (exact) mass is 942 g/mol. The number of amides is 3. The van der Waals surface area contributed by atoms with Crippen molar-refractivity contribution in [1.29, 1.82) is 0 Å². The molecule has 18 heteroatoms. The Kier molecular flexibility index (Phi) is 22.3. The first kappa shape index (κ1) is 55.3. The maximum atomic E-state index is 13.5. The Balaban J connectivity index is 1.09. The Hall–Kier alpha value is -4.30. The molecule has 1 aromatic carbocycles. The van der Waals surface area contributed by atoms with Gasteiger partial charge in [0.15, 0.2) is 0 Å². The Morgan fingerprint density at radius 3 is 2.10 bits per heavy atom. The summed E-state index contributed by atoms with van der Waals surface area (Å²) < 4.78 is 29.8. The molecule has 3 aliphatic rings. The van der Waals surface area contributed by atoms with Gasteiger partial charge in [-0.25, -0.2) is 31.3 Å². The highest BCUT2D eigenvalue weighted by Gasteiger charge is 2.72. The van der Waals surface area contributed by atoms with E-state index in [2.05, 4.69) is 64.5 Å². The minimum absolute atomic E-state index is 0.00316. The maximum absolute atomic E-state index is 13.5. The summed E-state index contributed by atoms with van der Waals surface area (Å²) in [4.78, 5) is 76.8. The van der Waals surface area contributed by atoms with Crippen molar-refractivity contribution < 1.29 is 52.5 Å². The molecule has 0 bridgehead atoms. The van der Waals surface area contributed by atoms with Crippen molar-refractivity contribution >= 4 is 35.4 Å². The fourth-order valence-corrected chi connectivity index (χ4v) is 8.75. The van der Waals surface area contributed by atoms with Crippen LogP contribution in [0.15, 0.2) is 42.0 Å². The quantitative estimate of drug-likeness (QED) is 0.0182. The molecule has 4 rings (SSSR count). The van der Waals surface area contributed by atoms with Crippen LogP contribution in [0.2, 0.25) is 0 Å². The predicted molar refractivity (Wildman–Crippen MR) is 253 cm³/mol. The van der Waals surface area contributed by atoms with Crippen molar-refractivity contribution in [3.8, 4) is 0 Å². The number of allylic oxidation sites excluding steroid dienone is 1. The fraction of sp³-hybridized carbons (Fsp3) is 0.714. The number of rotatable bonds is 31. The second-order valence-electron chi connectivity index (χ2n) is 19.5. The van der Waals surface area contributed by atoms with Crippen LogP contribution in [0.5, 0.6) is 0 Å². The average Bonchev–Trinajstić information content (AvgIpc) is 4.20. The van der Waals surface area contributed by atoms with E-state index in [9.17, 15) is 28.8 Å². The largest absolute Gasteiger partial charge is 0.447 e. The molecule has 67 heavy (non-hydrogen) atoms. The molecule has 0 aromatic heterocycles. The van der Waals surface area contributed by atoms with Gasteiger partial charge in [0.1, 0.15) is 35.8 Å². The topological polar surface area (TPSA) is 239 Å². The van der Waals surface area contributed by atoms with Crippen LogP contribution in [0.25, 0.3) is 0 Å². The van der Waals surface area contributed by atoms with E-state index < -0.39 is 59.7 Å². The van der Waals surface area contributed by atoms with Crippen LogP contribution in [0, 0.1) is 17.8 Å². The summed E-state index contributed by atoms with van der Waals surface area (Å²) in [5, 5.41) is 8.52. The third-order valence-electron chi connectivity index (χ3n) is 12.7. The van der Waals surface area contributed by atoms with Gasteiger partial charge in [0.2, 0.25) is 17.5 Å². The third kappa shape index (κ3) is 17.9. The summed E-state index contributed by atoms with van der Waals surface area (Å²) in [6.07, 6.45) is 5.96. The van der Waals surface area contributed by atoms with E-state index in [1.165, 1.54) is 12.5 Å². The minimum atomic E-state index is -0.903.